The average Bonchev–Trinajstić information content (AvgIpc) is 2.38. The average molecular weight is 260 g/mol. The maximum absolute atomic E-state index is 12.4. The number of piperidine rings is 1. The van der Waals surface area contributed by atoms with Crippen molar-refractivity contribution >= 4 is 17.5 Å². The second-order valence-corrected chi connectivity index (χ2v) is 5.51. The Kier molecular flexibility index (Phi) is 6.94. The van der Waals surface area contributed by atoms with E-state index < -0.39 is 0 Å². The number of hydrogen-bond acceptors (Lipinski definition) is 1. The zero-order valence-corrected chi connectivity index (χ0v) is 12.0. The van der Waals surface area contributed by atoms with Gasteiger partial charge in [-0.25, -0.2) is 0 Å². The molecule has 0 aromatic heterocycles. The number of likely N-dealkylation sites (tertiary alicyclic amines) is 1. The summed E-state index contributed by atoms with van der Waals surface area (Å²) in [6, 6.07) is 0. The van der Waals surface area contributed by atoms with Crippen LogP contribution in [-0.4, -0.2) is 29.8 Å². The van der Waals surface area contributed by atoms with Crippen LogP contribution in [0.3, 0.4) is 0 Å². The van der Waals surface area contributed by atoms with Gasteiger partial charge in [0.1, 0.15) is 0 Å². The van der Waals surface area contributed by atoms with Gasteiger partial charge in [0, 0.05) is 24.9 Å². The summed E-state index contributed by atoms with van der Waals surface area (Å²) in [6.07, 6.45) is 6.47. The lowest BCUT2D eigenvalue weighted by atomic mass is 9.93. The standard InChI is InChI=1S/C14H26ClNO/c1-3-5-13(6-4-2)14(17)16-9-7-12(11-15)8-10-16/h12-13H,3-11H2,1-2H3. The van der Waals surface area contributed by atoms with Crippen LogP contribution in [0.5, 0.6) is 0 Å². The van der Waals surface area contributed by atoms with Gasteiger partial charge in [0.2, 0.25) is 5.91 Å². The Morgan fingerprint density at radius 2 is 1.76 bits per heavy atom. The van der Waals surface area contributed by atoms with Gasteiger partial charge in [-0.3, -0.25) is 4.79 Å². The fourth-order valence-electron chi connectivity index (χ4n) is 2.65. The van der Waals surface area contributed by atoms with Gasteiger partial charge in [0.05, 0.1) is 0 Å². The molecule has 0 saturated carbocycles. The summed E-state index contributed by atoms with van der Waals surface area (Å²) in [5.74, 6) is 2.02. The molecule has 100 valence electrons. The Bertz CT molecular complexity index is 218. The fourth-order valence-corrected chi connectivity index (χ4v) is 2.96. The summed E-state index contributed by atoms with van der Waals surface area (Å²) in [7, 11) is 0. The fraction of sp³-hybridized carbons (Fsp3) is 0.929. The monoisotopic (exact) mass is 259 g/mol. The Morgan fingerprint density at radius 3 is 2.18 bits per heavy atom. The number of carbonyl (C=O) groups is 1. The van der Waals surface area contributed by atoms with Gasteiger partial charge in [0.15, 0.2) is 0 Å². The van der Waals surface area contributed by atoms with E-state index in [1.165, 1.54) is 0 Å². The SMILES string of the molecule is CCCC(CCC)C(=O)N1CCC(CCl)CC1. The predicted molar refractivity (Wildman–Crippen MR) is 73.3 cm³/mol. The molecule has 0 aromatic rings. The molecule has 1 amide bonds. The number of alkyl halides is 1. The van der Waals surface area contributed by atoms with Crippen molar-refractivity contribution in [2.24, 2.45) is 11.8 Å². The minimum atomic E-state index is 0.262. The first-order valence-corrected chi connectivity index (χ1v) is 7.61. The maximum atomic E-state index is 12.4. The highest BCUT2D eigenvalue weighted by molar-refractivity contribution is 6.18. The summed E-state index contributed by atoms with van der Waals surface area (Å²) in [4.78, 5) is 14.4. The van der Waals surface area contributed by atoms with Crippen LogP contribution in [-0.2, 0) is 4.79 Å². The smallest absolute Gasteiger partial charge is 0.225 e. The van der Waals surface area contributed by atoms with Crippen LogP contribution in [0, 0.1) is 11.8 Å². The number of hydrogen-bond donors (Lipinski definition) is 0. The first-order valence-electron chi connectivity index (χ1n) is 7.07. The maximum Gasteiger partial charge on any atom is 0.225 e. The predicted octanol–water partition coefficient (Wildman–Crippen LogP) is 3.68. The minimum absolute atomic E-state index is 0.262. The van der Waals surface area contributed by atoms with E-state index >= 15 is 0 Å². The molecule has 0 atom stereocenters. The van der Waals surface area contributed by atoms with Crippen molar-refractivity contribution < 1.29 is 4.79 Å². The van der Waals surface area contributed by atoms with E-state index in [4.69, 9.17) is 11.6 Å². The molecule has 1 rings (SSSR count). The third-order valence-corrected chi connectivity index (χ3v) is 4.20. The van der Waals surface area contributed by atoms with Crippen molar-refractivity contribution in [2.45, 2.75) is 52.4 Å². The normalized spacial score (nSPS) is 17.8. The molecule has 0 N–H and O–H groups in total. The summed E-state index contributed by atoms with van der Waals surface area (Å²) in [6.45, 7) is 6.16. The molecular formula is C14H26ClNO. The van der Waals surface area contributed by atoms with Crippen molar-refractivity contribution in [2.75, 3.05) is 19.0 Å². The van der Waals surface area contributed by atoms with Crippen molar-refractivity contribution in [1.29, 1.82) is 0 Å². The summed E-state index contributed by atoms with van der Waals surface area (Å²) >= 11 is 5.87. The van der Waals surface area contributed by atoms with Crippen LogP contribution in [0.15, 0.2) is 0 Å². The van der Waals surface area contributed by atoms with E-state index in [1.54, 1.807) is 0 Å². The van der Waals surface area contributed by atoms with Crippen molar-refractivity contribution in [3.63, 3.8) is 0 Å². The summed E-state index contributed by atoms with van der Waals surface area (Å²) in [5, 5.41) is 0. The first-order chi connectivity index (χ1) is 8.22. The van der Waals surface area contributed by atoms with Gasteiger partial charge >= 0.3 is 0 Å². The second-order valence-electron chi connectivity index (χ2n) is 5.20. The summed E-state index contributed by atoms with van der Waals surface area (Å²) in [5.41, 5.74) is 0. The molecule has 0 aromatic carbocycles. The van der Waals surface area contributed by atoms with Gasteiger partial charge in [-0.1, -0.05) is 26.7 Å². The van der Waals surface area contributed by atoms with Crippen LogP contribution in [0.1, 0.15) is 52.4 Å². The molecule has 0 aliphatic carbocycles. The molecule has 1 saturated heterocycles. The lowest BCUT2D eigenvalue weighted by Crippen LogP contribution is -2.42. The molecule has 0 radical (unpaired) electrons. The highest BCUT2D eigenvalue weighted by atomic mass is 35.5. The number of rotatable bonds is 6. The Balaban J connectivity index is 2.45. The van der Waals surface area contributed by atoms with Crippen molar-refractivity contribution in [3.05, 3.63) is 0 Å². The quantitative estimate of drug-likeness (QED) is 0.667. The number of halogens is 1. The van der Waals surface area contributed by atoms with Gasteiger partial charge in [-0.2, -0.15) is 0 Å². The van der Waals surface area contributed by atoms with Gasteiger partial charge in [-0.15, -0.1) is 11.6 Å². The molecule has 1 heterocycles. The van der Waals surface area contributed by atoms with Crippen LogP contribution in [0.4, 0.5) is 0 Å². The van der Waals surface area contributed by atoms with E-state index in [-0.39, 0.29) is 5.92 Å². The van der Waals surface area contributed by atoms with Gasteiger partial charge < -0.3 is 4.90 Å². The number of carbonyl (C=O) groups excluding carboxylic acids is 1. The van der Waals surface area contributed by atoms with E-state index in [0.29, 0.717) is 11.8 Å². The van der Waals surface area contributed by atoms with Gasteiger partial charge in [0.25, 0.3) is 0 Å². The molecule has 0 unspecified atom stereocenters. The number of nitrogens with zero attached hydrogens (tertiary/aromatic N) is 1. The van der Waals surface area contributed by atoms with E-state index in [1.807, 2.05) is 0 Å². The molecule has 1 aliphatic heterocycles. The second kappa shape index (κ2) is 7.97. The minimum Gasteiger partial charge on any atom is -0.342 e. The molecule has 2 nitrogen and oxygen atoms in total. The van der Waals surface area contributed by atoms with E-state index in [9.17, 15) is 4.79 Å². The van der Waals surface area contributed by atoms with Crippen LogP contribution in [0.25, 0.3) is 0 Å². The zero-order chi connectivity index (χ0) is 12.7. The van der Waals surface area contributed by atoms with Crippen LogP contribution >= 0.6 is 11.6 Å². The Morgan fingerprint density at radius 1 is 1.24 bits per heavy atom. The highest BCUT2D eigenvalue weighted by Crippen LogP contribution is 2.23. The molecule has 3 heteroatoms. The molecule has 1 aliphatic rings. The number of amides is 1. The van der Waals surface area contributed by atoms with E-state index in [0.717, 1.165) is 57.5 Å². The van der Waals surface area contributed by atoms with Crippen LogP contribution in [0.2, 0.25) is 0 Å². The first kappa shape index (κ1) is 14.8. The molecule has 0 bridgehead atoms. The molecule has 0 spiro atoms. The third-order valence-electron chi connectivity index (χ3n) is 3.77. The lowest BCUT2D eigenvalue weighted by Gasteiger charge is -2.33. The third kappa shape index (κ3) is 4.50. The largest absolute Gasteiger partial charge is 0.342 e. The lowest BCUT2D eigenvalue weighted by molar-refractivity contribution is -0.137. The Labute approximate surface area is 111 Å². The van der Waals surface area contributed by atoms with Gasteiger partial charge in [-0.05, 0) is 31.6 Å². The molecular weight excluding hydrogens is 234 g/mol. The van der Waals surface area contributed by atoms with Crippen molar-refractivity contribution in [1.82, 2.24) is 4.90 Å². The molecule has 1 fully saturated rings. The van der Waals surface area contributed by atoms with E-state index in [2.05, 4.69) is 18.7 Å². The van der Waals surface area contributed by atoms with Crippen molar-refractivity contribution in [3.8, 4) is 0 Å². The topological polar surface area (TPSA) is 20.3 Å². The zero-order valence-electron chi connectivity index (χ0n) is 11.3. The Hall–Kier alpha value is -0.240. The highest BCUT2D eigenvalue weighted by Gasteiger charge is 2.26. The van der Waals surface area contributed by atoms with Crippen LogP contribution < -0.4 is 0 Å². The molecule has 17 heavy (non-hydrogen) atoms. The summed E-state index contributed by atoms with van der Waals surface area (Å²) < 4.78 is 0.